The highest BCUT2D eigenvalue weighted by Crippen LogP contribution is 2.40. The fraction of sp³-hybridized carbons (Fsp3) is 0.478. The van der Waals surface area contributed by atoms with Crippen LogP contribution >= 0.6 is 7.82 Å². The summed E-state index contributed by atoms with van der Waals surface area (Å²) in [6.07, 6.45) is 14.4. The van der Waals surface area contributed by atoms with Crippen LogP contribution in [0.1, 0.15) is 53.9 Å². The van der Waals surface area contributed by atoms with Crippen LogP contribution in [0, 0.1) is 5.41 Å². The van der Waals surface area contributed by atoms with Gasteiger partial charge in [0.1, 0.15) is 0 Å². The molecule has 0 saturated carbocycles. The van der Waals surface area contributed by atoms with Crippen LogP contribution in [0.4, 0.5) is 0 Å². The van der Waals surface area contributed by atoms with Crippen molar-refractivity contribution in [2.45, 2.75) is 59.9 Å². The second-order valence-corrected chi connectivity index (χ2v) is 9.85. The average molecular weight is 467 g/mol. The Kier molecular flexibility index (Phi) is 10.5. The number of phosphoric ester groups is 1. The minimum absolute atomic E-state index is 0.172. The Balaban J connectivity index is 2.73. The first-order valence-electron chi connectivity index (χ1n) is 10.4. The lowest BCUT2D eigenvalue weighted by Gasteiger charge is -2.32. The third kappa shape index (κ3) is 10.4. The first-order chi connectivity index (χ1) is 14.7. The summed E-state index contributed by atoms with van der Waals surface area (Å²) in [5.74, 6) is -2.18. The Morgan fingerprint density at radius 1 is 1.22 bits per heavy atom. The van der Waals surface area contributed by atoms with Crippen LogP contribution in [0.25, 0.3) is 0 Å². The van der Waals surface area contributed by atoms with E-state index in [-0.39, 0.29) is 5.41 Å². The van der Waals surface area contributed by atoms with E-state index in [0.29, 0.717) is 5.57 Å². The normalized spacial score (nSPS) is 19.0. The Morgan fingerprint density at radius 2 is 1.88 bits per heavy atom. The van der Waals surface area contributed by atoms with Crippen LogP contribution in [0.2, 0.25) is 0 Å². The number of amides is 1. The third-order valence-corrected chi connectivity index (χ3v) is 5.64. The van der Waals surface area contributed by atoms with Crippen molar-refractivity contribution in [3.63, 3.8) is 0 Å². The molecule has 1 atom stereocenters. The second kappa shape index (κ2) is 12.1. The Hall–Kier alpha value is -2.25. The predicted molar refractivity (Wildman–Crippen MR) is 124 cm³/mol. The molecular formula is C23H34NO7P. The highest BCUT2D eigenvalue weighted by Gasteiger charge is 2.26. The van der Waals surface area contributed by atoms with Crippen LogP contribution in [-0.2, 0) is 18.7 Å². The third-order valence-electron chi connectivity index (χ3n) is 5.16. The molecule has 0 bridgehead atoms. The minimum atomic E-state index is -4.84. The molecule has 0 unspecified atom stereocenters. The van der Waals surface area contributed by atoms with Gasteiger partial charge in [-0.2, -0.15) is 0 Å². The van der Waals surface area contributed by atoms with Gasteiger partial charge in [-0.3, -0.25) is 9.32 Å². The number of allylic oxidation sites excluding steroid dienone is 9. The van der Waals surface area contributed by atoms with Crippen molar-refractivity contribution in [3.8, 4) is 0 Å². The fourth-order valence-corrected chi connectivity index (χ4v) is 3.79. The summed E-state index contributed by atoms with van der Waals surface area (Å²) in [6.45, 7) is 9.52. The minimum Gasteiger partial charge on any atom is -0.480 e. The number of aliphatic carboxylic acids is 1. The van der Waals surface area contributed by atoms with Crippen molar-refractivity contribution in [3.05, 3.63) is 58.7 Å². The Morgan fingerprint density at radius 3 is 2.44 bits per heavy atom. The molecule has 0 aliphatic heterocycles. The zero-order valence-electron chi connectivity index (χ0n) is 19.3. The number of phosphoric acid groups is 1. The molecule has 178 valence electrons. The van der Waals surface area contributed by atoms with E-state index >= 15 is 0 Å². The van der Waals surface area contributed by atoms with Gasteiger partial charge in [-0.05, 0) is 56.6 Å². The van der Waals surface area contributed by atoms with Gasteiger partial charge in [0, 0.05) is 6.08 Å². The van der Waals surface area contributed by atoms with E-state index in [1.165, 1.54) is 30.1 Å². The predicted octanol–water partition coefficient (Wildman–Crippen LogP) is 4.20. The number of carbonyl (C=O) groups is 2. The Labute approximate surface area is 189 Å². The summed E-state index contributed by atoms with van der Waals surface area (Å²) in [6, 6.07) is -1.59. The van der Waals surface area contributed by atoms with Gasteiger partial charge in [0.05, 0.1) is 6.61 Å². The standard InChI is InChI=1S/C23H34NO7P/c1-16(11-12-19-18(3)10-7-13-23(19,4)5)8-6-9-17(2)14-21(25)24-20(22(26)27)15-31-32(28,29)30/h6,8-9,11-12,14,20H,7,10,13,15H2,1-5H3,(H,24,25)(H,26,27)(H2,28,29,30)/t20-/m0/s1. The Bertz CT molecular complexity index is 903. The number of carboxylic acid groups (broad SMARTS) is 1. The van der Waals surface area contributed by atoms with Crippen LogP contribution < -0.4 is 5.32 Å². The fourth-order valence-electron chi connectivity index (χ4n) is 3.45. The molecule has 1 rings (SSSR count). The van der Waals surface area contributed by atoms with Gasteiger partial charge in [0.15, 0.2) is 6.04 Å². The van der Waals surface area contributed by atoms with Gasteiger partial charge >= 0.3 is 13.8 Å². The van der Waals surface area contributed by atoms with Gasteiger partial charge in [-0.25, -0.2) is 9.36 Å². The number of hydrogen-bond acceptors (Lipinski definition) is 4. The van der Waals surface area contributed by atoms with E-state index in [0.717, 1.165) is 12.0 Å². The molecule has 0 radical (unpaired) electrons. The maximum absolute atomic E-state index is 12.0. The summed E-state index contributed by atoms with van der Waals surface area (Å²) in [4.78, 5) is 40.5. The molecule has 1 aliphatic rings. The molecule has 0 saturated heterocycles. The molecule has 1 aliphatic carbocycles. The smallest absolute Gasteiger partial charge is 0.469 e. The topological polar surface area (TPSA) is 133 Å². The van der Waals surface area contributed by atoms with E-state index in [1.54, 1.807) is 19.1 Å². The molecule has 9 heteroatoms. The SMILES string of the molecule is CC(C=CC1=C(C)CCCC1(C)C)=CC=CC(C)=CC(=O)N[C@@H](COP(=O)(O)O)C(=O)O. The van der Waals surface area contributed by atoms with Crippen molar-refractivity contribution in [1.29, 1.82) is 0 Å². The number of nitrogens with one attached hydrogen (secondary N) is 1. The second-order valence-electron chi connectivity index (χ2n) is 8.61. The van der Waals surface area contributed by atoms with E-state index in [4.69, 9.17) is 14.9 Å². The molecular weight excluding hydrogens is 433 g/mol. The molecule has 1 amide bonds. The van der Waals surface area contributed by atoms with E-state index < -0.39 is 32.3 Å². The van der Waals surface area contributed by atoms with Crippen LogP contribution in [0.5, 0.6) is 0 Å². The summed E-state index contributed by atoms with van der Waals surface area (Å²) in [7, 11) is -4.84. The van der Waals surface area contributed by atoms with Crippen LogP contribution in [0.15, 0.2) is 58.7 Å². The van der Waals surface area contributed by atoms with Gasteiger partial charge in [-0.15, -0.1) is 0 Å². The van der Waals surface area contributed by atoms with Crippen molar-refractivity contribution in [2.24, 2.45) is 5.41 Å². The molecule has 0 heterocycles. The lowest BCUT2D eigenvalue weighted by molar-refractivity contribution is -0.142. The molecule has 4 N–H and O–H groups in total. The molecule has 8 nitrogen and oxygen atoms in total. The van der Waals surface area contributed by atoms with Gasteiger partial charge in [0.2, 0.25) is 5.91 Å². The maximum atomic E-state index is 12.0. The van der Waals surface area contributed by atoms with Crippen LogP contribution in [-0.4, -0.2) is 39.4 Å². The highest BCUT2D eigenvalue weighted by molar-refractivity contribution is 7.46. The quantitative estimate of drug-likeness (QED) is 0.215. The average Bonchev–Trinajstić information content (AvgIpc) is 2.63. The first kappa shape index (κ1) is 27.8. The number of hydrogen-bond donors (Lipinski definition) is 4. The van der Waals surface area contributed by atoms with Crippen molar-refractivity contribution in [1.82, 2.24) is 5.32 Å². The number of carboxylic acids is 1. The molecule has 0 aromatic carbocycles. The molecule has 0 aromatic heterocycles. The number of carbonyl (C=O) groups excluding carboxylic acids is 1. The summed E-state index contributed by atoms with van der Waals surface area (Å²) in [5, 5.41) is 11.2. The maximum Gasteiger partial charge on any atom is 0.469 e. The highest BCUT2D eigenvalue weighted by atomic mass is 31.2. The van der Waals surface area contributed by atoms with E-state index in [1.807, 2.05) is 13.0 Å². The van der Waals surface area contributed by atoms with Gasteiger partial charge in [-0.1, -0.05) is 55.4 Å². The number of rotatable bonds is 10. The zero-order valence-corrected chi connectivity index (χ0v) is 20.2. The molecule has 0 spiro atoms. The molecule has 0 aromatic rings. The summed E-state index contributed by atoms with van der Waals surface area (Å²) >= 11 is 0. The van der Waals surface area contributed by atoms with E-state index in [9.17, 15) is 14.2 Å². The van der Waals surface area contributed by atoms with Gasteiger partial charge in [0.25, 0.3) is 0 Å². The van der Waals surface area contributed by atoms with Gasteiger partial charge < -0.3 is 20.2 Å². The summed E-state index contributed by atoms with van der Waals surface area (Å²) < 4.78 is 14.9. The lowest BCUT2D eigenvalue weighted by atomic mass is 9.72. The monoisotopic (exact) mass is 467 g/mol. The lowest BCUT2D eigenvalue weighted by Crippen LogP contribution is -2.43. The zero-order chi connectivity index (χ0) is 24.5. The molecule has 32 heavy (non-hydrogen) atoms. The summed E-state index contributed by atoms with van der Waals surface area (Å²) in [5.41, 5.74) is 4.59. The van der Waals surface area contributed by atoms with Crippen molar-refractivity contribution < 1.29 is 33.6 Å². The van der Waals surface area contributed by atoms with Crippen LogP contribution in [0.3, 0.4) is 0 Å². The van der Waals surface area contributed by atoms with Crippen molar-refractivity contribution >= 4 is 19.7 Å². The van der Waals surface area contributed by atoms with E-state index in [2.05, 4.69) is 42.8 Å². The first-order valence-corrected chi connectivity index (χ1v) is 11.9. The molecule has 0 fully saturated rings. The largest absolute Gasteiger partial charge is 0.480 e. The van der Waals surface area contributed by atoms with Crippen molar-refractivity contribution in [2.75, 3.05) is 6.61 Å².